The van der Waals surface area contributed by atoms with Gasteiger partial charge in [0.25, 0.3) is 5.56 Å². The van der Waals surface area contributed by atoms with Crippen LogP contribution in [0.25, 0.3) is 22.4 Å². The van der Waals surface area contributed by atoms with E-state index in [0.717, 1.165) is 45.1 Å². The van der Waals surface area contributed by atoms with Crippen LogP contribution in [0.3, 0.4) is 0 Å². The van der Waals surface area contributed by atoms with E-state index in [4.69, 9.17) is 20.2 Å². The normalized spacial score (nSPS) is 26.2. The number of pyridine rings is 1. The number of Topliss-reactive ketones (excluding diaryl/α,β-unsaturated/α-hetero) is 2. The maximum Gasteiger partial charge on any atom is 0.279 e. The quantitative estimate of drug-likeness (QED) is 0.323. The average Bonchev–Trinajstić information content (AvgIpc) is 3.69. The molecule has 7 rings (SSSR count). The summed E-state index contributed by atoms with van der Waals surface area (Å²) < 4.78 is 15.0. The van der Waals surface area contributed by atoms with Gasteiger partial charge in [-0.2, -0.15) is 10.1 Å². The third kappa shape index (κ3) is 5.48. The molecule has 0 aromatic carbocycles. The summed E-state index contributed by atoms with van der Waals surface area (Å²) in [5.74, 6) is 0.685. The molecule has 0 unspecified atom stereocenters. The van der Waals surface area contributed by atoms with Gasteiger partial charge in [-0.15, -0.1) is 0 Å². The zero-order valence-corrected chi connectivity index (χ0v) is 25.9. The average molecular weight is 616 g/mol. The largest absolute Gasteiger partial charge is 0.476 e. The zero-order valence-electron chi connectivity index (χ0n) is 25.9. The lowest BCUT2D eigenvalue weighted by molar-refractivity contribution is -0.143. The molecule has 0 bridgehead atoms. The van der Waals surface area contributed by atoms with Gasteiger partial charge in [-0.25, -0.2) is 9.67 Å². The Bertz CT molecular complexity index is 1720. The summed E-state index contributed by atoms with van der Waals surface area (Å²) in [7, 11) is 2.08. The molecule has 2 aliphatic heterocycles. The van der Waals surface area contributed by atoms with Crippen molar-refractivity contribution in [3.63, 3.8) is 0 Å². The number of hydrogen-bond donors (Lipinski definition) is 1. The van der Waals surface area contributed by atoms with Crippen LogP contribution in [0.5, 0.6) is 5.88 Å². The summed E-state index contributed by atoms with van der Waals surface area (Å²) in [5.41, 5.74) is 6.50. The third-order valence-corrected chi connectivity index (χ3v) is 10.3. The zero-order chi connectivity index (χ0) is 31.1. The summed E-state index contributed by atoms with van der Waals surface area (Å²) >= 11 is 0. The van der Waals surface area contributed by atoms with Crippen LogP contribution in [0, 0.1) is 5.41 Å². The van der Waals surface area contributed by atoms with E-state index < -0.39 is 5.41 Å². The Balaban J connectivity index is 1.28. The van der Waals surface area contributed by atoms with Crippen LogP contribution in [-0.4, -0.2) is 80.2 Å². The summed E-state index contributed by atoms with van der Waals surface area (Å²) in [5, 5.41) is 5.35. The van der Waals surface area contributed by atoms with E-state index in [1.54, 1.807) is 21.5 Å². The molecular weight excluding hydrogens is 574 g/mol. The van der Waals surface area contributed by atoms with E-state index in [-0.39, 0.29) is 40.7 Å². The molecule has 1 spiro atoms. The fourth-order valence-electron chi connectivity index (χ4n) is 7.56. The van der Waals surface area contributed by atoms with Crippen molar-refractivity contribution in [1.82, 2.24) is 29.2 Å². The topological polar surface area (TPSA) is 147 Å². The molecule has 5 heterocycles. The minimum Gasteiger partial charge on any atom is -0.476 e. The monoisotopic (exact) mass is 615 g/mol. The molecule has 4 fully saturated rings. The number of fused-ring (bicyclic) bond motifs is 1. The second-order valence-corrected chi connectivity index (χ2v) is 13.0. The standard InChI is InChI=1S/C33H41N7O5/c1-38-14-5-6-23(38)20-45-27-18-26(40-19-21-9-15-39(32(43)29(21)37-40)22-10-16-44-17-11-22)35-31(36-27)28(34)24-7-4-13-33(30(24)42)12-3-2-8-25(33)41/h9,15,18-19,22-23H,2-8,10-14,16-17,20,34H2,1H3/b28-24-/t23-,33+/m0/s1. The summed E-state index contributed by atoms with van der Waals surface area (Å²) in [6, 6.07) is 3.91. The highest BCUT2D eigenvalue weighted by molar-refractivity contribution is 6.17. The van der Waals surface area contributed by atoms with E-state index in [2.05, 4.69) is 22.0 Å². The number of ketones is 2. The van der Waals surface area contributed by atoms with Gasteiger partial charge >= 0.3 is 0 Å². The van der Waals surface area contributed by atoms with Crippen LogP contribution in [-0.2, 0) is 14.3 Å². The van der Waals surface area contributed by atoms with Crippen LogP contribution in [0.4, 0.5) is 0 Å². The van der Waals surface area contributed by atoms with Crippen LogP contribution in [0.1, 0.15) is 82.5 Å². The third-order valence-electron chi connectivity index (χ3n) is 10.3. The first-order valence-corrected chi connectivity index (χ1v) is 16.3. The van der Waals surface area contributed by atoms with Gasteiger partial charge in [0.1, 0.15) is 12.4 Å². The molecule has 2 saturated carbocycles. The van der Waals surface area contributed by atoms with Crippen molar-refractivity contribution in [2.45, 2.75) is 82.7 Å². The van der Waals surface area contributed by atoms with E-state index in [1.807, 2.05) is 12.3 Å². The molecular formula is C33H41N7O5. The van der Waals surface area contributed by atoms with Gasteiger partial charge < -0.3 is 24.7 Å². The lowest BCUT2D eigenvalue weighted by Gasteiger charge is -2.38. The highest BCUT2D eigenvalue weighted by atomic mass is 16.5. The number of nitrogens with two attached hydrogens (primary N) is 1. The molecule has 12 nitrogen and oxygen atoms in total. The number of likely N-dealkylation sites (tertiary alicyclic amines) is 1. The molecule has 2 atom stereocenters. The van der Waals surface area contributed by atoms with Crippen molar-refractivity contribution in [2.24, 2.45) is 11.1 Å². The van der Waals surface area contributed by atoms with Crippen LogP contribution in [0.15, 0.2) is 34.9 Å². The molecule has 3 aromatic heterocycles. The number of hydrogen-bond acceptors (Lipinski definition) is 10. The van der Waals surface area contributed by atoms with Crippen molar-refractivity contribution in [2.75, 3.05) is 33.4 Å². The number of carbonyl (C=O) groups excluding carboxylic acids is 2. The molecule has 45 heavy (non-hydrogen) atoms. The number of nitrogens with zero attached hydrogens (tertiary/aromatic N) is 6. The van der Waals surface area contributed by atoms with Crippen molar-refractivity contribution in [3.05, 3.63) is 46.3 Å². The van der Waals surface area contributed by atoms with Crippen molar-refractivity contribution in [3.8, 4) is 11.7 Å². The molecule has 2 saturated heterocycles. The Morgan fingerprint density at radius 3 is 2.67 bits per heavy atom. The molecule has 238 valence electrons. The highest BCUT2D eigenvalue weighted by Gasteiger charge is 2.49. The van der Waals surface area contributed by atoms with E-state index in [9.17, 15) is 14.4 Å². The maximum absolute atomic E-state index is 13.9. The predicted octanol–water partition coefficient (Wildman–Crippen LogP) is 3.35. The van der Waals surface area contributed by atoms with E-state index in [1.165, 1.54) is 0 Å². The van der Waals surface area contributed by atoms with E-state index >= 15 is 0 Å². The number of carbonyl (C=O) groups is 2. The lowest BCUT2D eigenvalue weighted by Crippen LogP contribution is -2.45. The predicted molar refractivity (Wildman–Crippen MR) is 167 cm³/mol. The molecule has 3 aromatic rings. The summed E-state index contributed by atoms with van der Waals surface area (Å²) in [4.78, 5) is 52.2. The first-order valence-electron chi connectivity index (χ1n) is 16.3. The Morgan fingerprint density at radius 1 is 1.07 bits per heavy atom. The Morgan fingerprint density at radius 2 is 1.89 bits per heavy atom. The van der Waals surface area contributed by atoms with Gasteiger partial charge in [0.15, 0.2) is 22.9 Å². The lowest BCUT2D eigenvalue weighted by atomic mass is 9.62. The Labute approximate surface area is 261 Å². The van der Waals surface area contributed by atoms with Crippen LogP contribution >= 0.6 is 0 Å². The Kier molecular flexibility index (Phi) is 8.03. The van der Waals surface area contributed by atoms with Crippen molar-refractivity contribution in [1.29, 1.82) is 0 Å². The van der Waals surface area contributed by atoms with Gasteiger partial charge in [0.2, 0.25) is 5.88 Å². The van der Waals surface area contributed by atoms with Crippen LogP contribution in [0.2, 0.25) is 0 Å². The van der Waals surface area contributed by atoms with Gasteiger partial charge in [-0.3, -0.25) is 14.4 Å². The number of likely N-dealkylation sites (N-methyl/N-ethyl adjacent to an activating group) is 1. The minimum atomic E-state index is -0.982. The minimum absolute atomic E-state index is 0.0257. The van der Waals surface area contributed by atoms with Gasteiger partial charge in [-0.05, 0) is 77.4 Å². The second-order valence-electron chi connectivity index (χ2n) is 13.0. The van der Waals surface area contributed by atoms with Crippen LogP contribution < -0.4 is 16.0 Å². The maximum atomic E-state index is 13.9. The van der Waals surface area contributed by atoms with Gasteiger partial charge in [-0.1, -0.05) is 6.42 Å². The molecule has 12 heteroatoms. The Hall–Kier alpha value is -3.90. The smallest absolute Gasteiger partial charge is 0.279 e. The number of aromatic nitrogens is 5. The summed E-state index contributed by atoms with van der Waals surface area (Å²) in [6.45, 7) is 2.71. The molecule has 4 aliphatic rings. The van der Waals surface area contributed by atoms with Crippen molar-refractivity contribution >= 4 is 28.2 Å². The first kappa shape index (κ1) is 29.8. The van der Waals surface area contributed by atoms with Gasteiger partial charge in [0.05, 0.1) is 11.1 Å². The number of rotatable bonds is 6. The second kappa shape index (κ2) is 12.1. The van der Waals surface area contributed by atoms with Crippen molar-refractivity contribution < 1.29 is 19.1 Å². The number of ether oxygens (including phenoxy) is 2. The fraction of sp³-hybridized carbons (Fsp3) is 0.576. The SMILES string of the molecule is CN1CCC[C@H]1COc1cc(-n2cc3ccn(C4CCOCC4)c(=O)c3n2)nc(/C(N)=C2\CCC[C@@]3(CCCCC3=O)C2=O)n1. The fourth-order valence-corrected chi connectivity index (χ4v) is 7.56. The highest BCUT2D eigenvalue weighted by Crippen LogP contribution is 2.45. The van der Waals surface area contributed by atoms with Gasteiger partial charge in [0, 0.05) is 61.1 Å². The molecule has 2 aliphatic carbocycles. The van der Waals surface area contributed by atoms with E-state index in [0.29, 0.717) is 80.1 Å². The number of allylic oxidation sites excluding steroid dienone is 1. The summed E-state index contributed by atoms with van der Waals surface area (Å²) in [6.07, 6.45) is 11.7. The molecule has 0 radical (unpaired) electrons. The molecule has 0 amide bonds. The molecule has 2 N–H and O–H groups in total. The first-order chi connectivity index (χ1) is 21.8.